The fraction of sp³-hybridized carbons (Fsp3) is 0.429. The standard InChI is InChI=1S/C14H17ClN2O2/c1-3-9-17-12(18)14(4-2,16-13(17)19)10-5-7-11(15)8-6-10/h5-8H,3-4,9H2,1-2H3,(H,16,19)/t14-/m0/s1. The van der Waals surface area contributed by atoms with E-state index >= 15 is 0 Å². The van der Waals surface area contributed by atoms with Gasteiger partial charge in [-0.15, -0.1) is 0 Å². The number of rotatable bonds is 4. The van der Waals surface area contributed by atoms with Crippen LogP contribution in [0.15, 0.2) is 24.3 Å². The van der Waals surface area contributed by atoms with Gasteiger partial charge in [0.1, 0.15) is 5.54 Å². The summed E-state index contributed by atoms with van der Waals surface area (Å²) in [6.45, 7) is 4.27. The maximum absolute atomic E-state index is 12.6. The van der Waals surface area contributed by atoms with E-state index in [1.54, 1.807) is 24.3 Å². The van der Waals surface area contributed by atoms with Gasteiger partial charge in [-0.2, -0.15) is 0 Å². The minimum atomic E-state index is -0.948. The van der Waals surface area contributed by atoms with Crippen molar-refractivity contribution in [2.24, 2.45) is 0 Å². The summed E-state index contributed by atoms with van der Waals surface area (Å²) >= 11 is 5.87. The third-order valence-corrected chi connectivity index (χ3v) is 3.74. The number of nitrogens with zero attached hydrogens (tertiary/aromatic N) is 1. The smallest absolute Gasteiger partial charge is 0.319 e. The van der Waals surface area contributed by atoms with Crippen LogP contribution in [0.25, 0.3) is 0 Å². The number of nitrogens with one attached hydrogen (secondary N) is 1. The lowest BCUT2D eigenvalue weighted by atomic mass is 9.87. The fourth-order valence-corrected chi connectivity index (χ4v) is 2.55. The molecule has 0 aromatic heterocycles. The number of hydrogen-bond acceptors (Lipinski definition) is 2. The first-order chi connectivity index (χ1) is 9.05. The summed E-state index contributed by atoms with van der Waals surface area (Å²) < 4.78 is 0. The van der Waals surface area contributed by atoms with Gasteiger partial charge in [0.25, 0.3) is 5.91 Å². The molecule has 102 valence electrons. The number of amides is 3. The number of urea groups is 1. The molecule has 1 N–H and O–H groups in total. The van der Waals surface area contributed by atoms with E-state index in [4.69, 9.17) is 11.6 Å². The van der Waals surface area contributed by atoms with E-state index in [2.05, 4.69) is 5.32 Å². The average Bonchev–Trinajstić information content (AvgIpc) is 2.65. The third kappa shape index (κ3) is 2.21. The molecule has 0 saturated carbocycles. The molecule has 1 aliphatic heterocycles. The molecule has 1 fully saturated rings. The quantitative estimate of drug-likeness (QED) is 0.862. The Morgan fingerprint density at radius 2 is 1.84 bits per heavy atom. The van der Waals surface area contributed by atoms with Crippen molar-refractivity contribution in [3.05, 3.63) is 34.9 Å². The zero-order valence-corrected chi connectivity index (χ0v) is 11.8. The molecule has 1 atom stereocenters. The Morgan fingerprint density at radius 1 is 1.21 bits per heavy atom. The molecule has 3 amide bonds. The van der Waals surface area contributed by atoms with Crippen molar-refractivity contribution in [3.8, 4) is 0 Å². The summed E-state index contributed by atoms with van der Waals surface area (Å²) in [4.78, 5) is 25.8. The number of carbonyl (C=O) groups excluding carboxylic acids is 2. The number of benzene rings is 1. The highest BCUT2D eigenvalue weighted by Gasteiger charge is 2.50. The van der Waals surface area contributed by atoms with Crippen molar-refractivity contribution in [1.29, 1.82) is 0 Å². The van der Waals surface area contributed by atoms with Crippen molar-refractivity contribution in [1.82, 2.24) is 10.2 Å². The van der Waals surface area contributed by atoms with Gasteiger partial charge in [-0.1, -0.05) is 37.6 Å². The molecule has 0 aliphatic carbocycles. The number of carbonyl (C=O) groups is 2. The first-order valence-electron chi connectivity index (χ1n) is 6.45. The van der Waals surface area contributed by atoms with Crippen LogP contribution in [-0.2, 0) is 10.3 Å². The molecule has 1 aromatic carbocycles. The highest BCUT2D eigenvalue weighted by molar-refractivity contribution is 6.30. The second kappa shape index (κ2) is 5.21. The largest absolute Gasteiger partial charge is 0.325 e. The van der Waals surface area contributed by atoms with E-state index in [1.807, 2.05) is 13.8 Å². The van der Waals surface area contributed by atoms with Gasteiger partial charge in [0, 0.05) is 11.6 Å². The molecule has 19 heavy (non-hydrogen) atoms. The molecule has 1 saturated heterocycles. The molecule has 0 radical (unpaired) electrons. The van der Waals surface area contributed by atoms with Gasteiger partial charge < -0.3 is 5.32 Å². The zero-order valence-electron chi connectivity index (χ0n) is 11.1. The van der Waals surface area contributed by atoms with Crippen LogP contribution in [-0.4, -0.2) is 23.4 Å². The van der Waals surface area contributed by atoms with E-state index < -0.39 is 5.54 Å². The molecular formula is C14H17ClN2O2. The highest BCUT2D eigenvalue weighted by Crippen LogP contribution is 2.33. The lowest BCUT2D eigenvalue weighted by molar-refractivity contribution is -0.131. The van der Waals surface area contributed by atoms with Crippen molar-refractivity contribution >= 4 is 23.5 Å². The number of imide groups is 1. The Balaban J connectivity index is 2.41. The van der Waals surface area contributed by atoms with Crippen LogP contribution in [0.1, 0.15) is 32.3 Å². The minimum absolute atomic E-state index is 0.177. The maximum atomic E-state index is 12.6. The van der Waals surface area contributed by atoms with Crippen LogP contribution in [0.3, 0.4) is 0 Å². The molecule has 4 nitrogen and oxygen atoms in total. The molecule has 0 unspecified atom stereocenters. The van der Waals surface area contributed by atoms with Crippen LogP contribution in [0.2, 0.25) is 5.02 Å². The van der Waals surface area contributed by atoms with Crippen LogP contribution in [0.5, 0.6) is 0 Å². The van der Waals surface area contributed by atoms with Crippen LogP contribution in [0.4, 0.5) is 4.79 Å². The summed E-state index contributed by atoms with van der Waals surface area (Å²) in [6.07, 6.45) is 1.26. The Kier molecular flexibility index (Phi) is 3.80. The number of halogens is 1. The first kappa shape index (κ1) is 13.9. The average molecular weight is 281 g/mol. The molecule has 5 heteroatoms. The van der Waals surface area contributed by atoms with E-state index in [1.165, 1.54) is 4.90 Å². The first-order valence-corrected chi connectivity index (χ1v) is 6.83. The monoisotopic (exact) mass is 280 g/mol. The van der Waals surface area contributed by atoms with Gasteiger partial charge in [-0.05, 0) is 30.5 Å². The van der Waals surface area contributed by atoms with Crippen molar-refractivity contribution in [2.45, 2.75) is 32.2 Å². The van der Waals surface area contributed by atoms with Crippen LogP contribution >= 0.6 is 11.6 Å². The summed E-state index contributed by atoms with van der Waals surface area (Å²) in [6, 6.07) is 6.73. The van der Waals surface area contributed by atoms with Crippen LogP contribution in [0, 0.1) is 0 Å². The van der Waals surface area contributed by atoms with Crippen molar-refractivity contribution in [2.75, 3.05) is 6.54 Å². The predicted octanol–water partition coefficient (Wildman–Crippen LogP) is 2.91. The molecule has 1 heterocycles. The van der Waals surface area contributed by atoms with Gasteiger partial charge in [0.2, 0.25) is 0 Å². The van der Waals surface area contributed by atoms with E-state index in [0.717, 1.165) is 12.0 Å². The normalized spacial score (nSPS) is 22.8. The molecular weight excluding hydrogens is 264 g/mol. The summed E-state index contributed by atoms with van der Waals surface area (Å²) in [5.41, 5.74) is -0.173. The molecule has 1 aromatic rings. The number of hydrogen-bond donors (Lipinski definition) is 1. The van der Waals surface area contributed by atoms with E-state index in [-0.39, 0.29) is 11.9 Å². The Labute approximate surface area is 117 Å². The molecule has 2 rings (SSSR count). The topological polar surface area (TPSA) is 49.4 Å². The predicted molar refractivity (Wildman–Crippen MR) is 74.0 cm³/mol. The van der Waals surface area contributed by atoms with Gasteiger partial charge in [0.15, 0.2) is 0 Å². The van der Waals surface area contributed by atoms with E-state index in [0.29, 0.717) is 18.0 Å². The summed E-state index contributed by atoms with van der Waals surface area (Å²) in [5.74, 6) is -0.177. The fourth-order valence-electron chi connectivity index (χ4n) is 2.43. The minimum Gasteiger partial charge on any atom is -0.319 e. The molecule has 1 aliphatic rings. The third-order valence-electron chi connectivity index (χ3n) is 3.49. The molecule has 0 bridgehead atoms. The highest BCUT2D eigenvalue weighted by atomic mass is 35.5. The zero-order chi connectivity index (χ0) is 14.0. The van der Waals surface area contributed by atoms with Crippen molar-refractivity contribution in [3.63, 3.8) is 0 Å². The SMILES string of the molecule is CCCN1C(=O)N[C@@](CC)(c2ccc(Cl)cc2)C1=O. The lowest BCUT2D eigenvalue weighted by Gasteiger charge is -2.25. The maximum Gasteiger partial charge on any atom is 0.325 e. The van der Waals surface area contributed by atoms with Crippen LogP contribution < -0.4 is 5.32 Å². The molecule has 0 spiro atoms. The van der Waals surface area contributed by atoms with E-state index in [9.17, 15) is 9.59 Å². The Bertz CT molecular complexity index is 501. The van der Waals surface area contributed by atoms with Gasteiger partial charge in [0.05, 0.1) is 0 Å². The van der Waals surface area contributed by atoms with Crippen molar-refractivity contribution < 1.29 is 9.59 Å². The van der Waals surface area contributed by atoms with Gasteiger partial charge in [-0.3, -0.25) is 9.69 Å². The Morgan fingerprint density at radius 3 is 2.37 bits per heavy atom. The summed E-state index contributed by atoms with van der Waals surface area (Å²) in [5, 5.41) is 3.44. The lowest BCUT2D eigenvalue weighted by Crippen LogP contribution is -2.43. The summed E-state index contributed by atoms with van der Waals surface area (Å²) in [7, 11) is 0. The van der Waals surface area contributed by atoms with Gasteiger partial charge >= 0.3 is 6.03 Å². The second-order valence-corrected chi connectivity index (χ2v) is 5.09. The Hall–Kier alpha value is -1.55. The second-order valence-electron chi connectivity index (χ2n) is 4.65. The van der Waals surface area contributed by atoms with Gasteiger partial charge in [-0.25, -0.2) is 4.79 Å².